The Bertz CT molecular complexity index is 564. The molecule has 0 amide bonds. The minimum atomic E-state index is -0.139. The Morgan fingerprint density at radius 3 is 2.93 bits per heavy atom. The maximum Gasteiger partial charge on any atom is 0.269 e. The molecule has 3 nitrogen and oxygen atoms in total. The van der Waals surface area contributed by atoms with E-state index in [9.17, 15) is 4.79 Å². The molecule has 0 atom stereocenters. The van der Waals surface area contributed by atoms with Gasteiger partial charge in [0.05, 0.1) is 11.0 Å². The van der Waals surface area contributed by atoms with Gasteiger partial charge in [-0.05, 0) is 57.6 Å². The van der Waals surface area contributed by atoms with Crippen LogP contribution in [0.5, 0.6) is 0 Å². The highest BCUT2D eigenvalue weighted by Crippen LogP contribution is 2.22. The lowest BCUT2D eigenvalue weighted by molar-refractivity contribution is 1.12. The van der Waals surface area contributed by atoms with Crippen LogP contribution in [-0.4, -0.2) is 9.97 Å². The van der Waals surface area contributed by atoms with Crippen molar-refractivity contribution in [3.63, 3.8) is 0 Å². The molecule has 0 saturated heterocycles. The molecule has 2 rings (SSSR count). The Hall–Kier alpha value is -0.430. The Morgan fingerprint density at radius 2 is 2.21 bits per heavy atom. The number of aromatic nitrogens is 2. The van der Waals surface area contributed by atoms with E-state index < -0.39 is 0 Å². The van der Waals surface area contributed by atoms with Crippen molar-refractivity contribution in [2.24, 2.45) is 0 Å². The van der Waals surface area contributed by atoms with E-state index in [1.54, 1.807) is 6.92 Å². The fourth-order valence-electron chi connectivity index (χ4n) is 1.21. The first-order chi connectivity index (χ1) is 6.58. The molecule has 0 bridgehead atoms. The third kappa shape index (κ3) is 1.70. The van der Waals surface area contributed by atoms with Crippen LogP contribution in [0.4, 0.5) is 0 Å². The molecule has 1 aromatic carbocycles. The zero-order valence-corrected chi connectivity index (χ0v) is 11.0. The third-order valence-electron chi connectivity index (χ3n) is 1.89. The predicted octanol–water partition coefficient (Wildman–Crippen LogP) is 2.60. The minimum absolute atomic E-state index is 0.139. The number of halogens is 2. The van der Waals surface area contributed by atoms with Crippen molar-refractivity contribution in [1.82, 2.24) is 9.97 Å². The van der Waals surface area contributed by atoms with Crippen LogP contribution in [0.1, 0.15) is 5.69 Å². The molecule has 0 spiro atoms. The van der Waals surface area contributed by atoms with Crippen molar-refractivity contribution in [3.05, 3.63) is 36.2 Å². The standard InChI is InChI=1S/C9H6BrIN2O/c1-4-9(14)13-8-6(10)2-5(11)3-7(8)12-4/h2-3H,1H3,(H,13,14). The van der Waals surface area contributed by atoms with Gasteiger partial charge in [-0.15, -0.1) is 0 Å². The van der Waals surface area contributed by atoms with Crippen molar-refractivity contribution in [2.75, 3.05) is 0 Å². The lowest BCUT2D eigenvalue weighted by Crippen LogP contribution is -2.11. The molecule has 0 aliphatic carbocycles. The van der Waals surface area contributed by atoms with Crippen LogP contribution in [0.25, 0.3) is 11.0 Å². The van der Waals surface area contributed by atoms with Gasteiger partial charge in [-0.2, -0.15) is 0 Å². The van der Waals surface area contributed by atoms with Gasteiger partial charge < -0.3 is 4.98 Å². The molecule has 0 radical (unpaired) electrons. The average Bonchev–Trinajstić information content (AvgIpc) is 2.08. The number of hydrogen-bond acceptors (Lipinski definition) is 2. The van der Waals surface area contributed by atoms with E-state index in [4.69, 9.17) is 0 Å². The van der Waals surface area contributed by atoms with E-state index in [0.29, 0.717) is 5.69 Å². The molecule has 5 heteroatoms. The number of aryl methyl sites for hydroxylation is 1. The largest absolute Gasteiger partial charge is 0.318 e. The SMILES string of the molecule is Cc1nc2cc(I)cc(Br)c2[nH]c1=O. The van der Waals surface area contributed by atoms with Crippen molar-refractivity contribution >= 4 is 49.6 Å². The van der Waals surface area contributed by atoms with Gasteiger partial charge >= 0.3 is 0 Å². The molecule has 0 saturated carbocycles. The van der Waals surface area contributed by atoms with E-state index in [0.717, 1.165) is 19.1 Å². The maximum atomic E-state index is 11.3. The topological polar surface area (TPSA) is 45.8 Å². The number of H-pyrrole nitrogens is 1. The number of benzene rings is 1. The second kappa shape index (κ2) is 3.62. The number of rotatable bonds is 0. The molecule has 14 heavy (non-hydrogen) atoms. The van der Waals surface area contributed by atoms with Crippen LogP contribution < -0.4 is 5.56 Å². The Labute approximate surface area is 102 Å². The Morgan fingerprint density at radius 1 is 1.50 bits per heavy atom. The molecule has 0 unspecified atom stereocenters. The Kier molecular flexibility index (Phi) is 2.61. The van der Waals surface area contributed by atoms with Gasteiger partial charge in [0.15, 0.2) is 0 Å². The summed E-state index contributed by atoms with van der Waals surface area (Å²) in [5.74, 6) is 0. The maximum absolute atomic E-state index is 11.3. The lowest BCUT2D eigenvalue weighted by atomic mass is 10.3. The summed E-state index contributed by atoms with van der Waals surface area (Å²) in [5, 5.41) is 0. The van der Waals surface area contributed by atoms with Crippen LogP contribution in [-0.2, 0) is 0 Å². The highest BCUT2D eigenvalue weighted by atomic mass is 127. The first-order valence-corrected chi connectivity index (χ1v) is 5.81. The van der Waals surface area contributed by atoms with Crippen LogP contribution in [0, 0.1) is 10.5 Å². The third-order valence-corrected chi connectivity index (χ3v) is 3.14. The zero-order chi connectivity index (χ0) is 10.3. The zero-order valence-electron chi connectivity index (χ0n) is 7.27. The van der Waals surface area contributed by atoms with Gasteiger partial charge in [0, 0.05) is 8.04 Å². The van der Waals surface area contributed by atoms with Gasteiger partial charge in [0.2, 0.25) is 0 Å². The molecule has 72 valence electrons. The number of nitrogens with zero attached hydrogens (tertiary/aromatic N) is 1. The predicted molar refractivity (Wildman–Crippen MR) is 67.5 cm³/mol. The summed E-state index contributed by atoms with van der Waals surface area (Å²) in [6.45, 7) is 1.70. The highest BCUT2D eigenvalue weighted by Gasteiger charge is 2.04. The van der Waals surface area contributed by atoms with E-state index >= 15 is 0 Å². The molecular formula is C9H6BrIN2O. The van der Waals surface area contributed by atoms with Crippen LogP contribution in [0.15, 0.2) is 21.4 Å². The molecule has 1 aromatic heterocycles. The van der Waals surface area contributed by atoms with Gasteiger partial charge in [-0.25, -0.2) is 4.98 Å². The fraction of sp³-hybridized carbons (Fsp3) is 0.111. The Balaban J connectivity index is 2.96. The first kappa shape index (κ1) is 10.1. The summed E-state index contributed by atoms with van der Waals surface area (Å²) >= 11 is 5.60. The summed E-state index contributed by atoms with van der Waals surface area (Å²) in [7, 11) is 0. The number of hydrogen-bond donors (Lipinski definition) is 1. The van der Waals surface area contributed by atoms with E-state index in [1.165, 1.54) is 0 Å². The fourth-order valence-corrected chi connectivity index (χ4v) is 2.79. The lowest BCUT2D eigenvalue weighted by Gasteiger charge is -2.01. The van der Waals surface area contributed by atoms with Crippen molar-refractivity contribution < 1.29 is 0 Å². The van der Waals surface area contributed by atoms with Gasteiger partial charge in [-0.3, -0.25) is 4.79 Å². The normalized spacial score (nSPS) is 10.8. The number of nitrogens with one attached hydrogen (secondary N) is 1. The molecular weight excluding hydrogens is 359 g/mol. The summed E-state index contributed by atoms with van der Waals surface area (Å²) in [6, 6.07) is 3.87. The van der Waals surface area contributed by atoms with Crippen molar-refractivity contribution in [2.45, 2.75) is 6.92 Å². The van der Waals surface area contributed by atoms with Crippen molar-refractivity contribution in [1.29, 1.82) is 0 Å². The van der Waals surface area contributed by atoms with Crippen LogP contribution in [0.3, 0.4) is 0 Å². The highest BCUT2D eigenvalue weighted by molar-refractivity contribution is 14.1. The minimum Gasteiger partial charge on any atom is -0.318 e. The number of aromatic amines is 1. The summed E-state index contributed by atoms with van der Waals surface area (Å²) in [6.07, 6.45) is 0. The quantitative estimate of drug-likeness (QED) is 0.730. The number of fused-ring (bicyclic) bond motifs is 1. The smallest absolute Gasteiger partial charge is 0.269 e. The molecule has 0 aliphatic heterocycles. The second-order valence-electron chi connectivity index (χ2n) is 2.93. The van der Waals surface area contributed by atoms with Crippen LogP contribution in [0.2, 0.25) is 0 Å². The van der Waals surface area contributed by atoms with E-state index in [-0.39, 0.29) is 5.56 Å². The summed E-state index contributed by atoms with van der Waals surface area (Å²) in [5.41, 5.74) is 1.91. The van der Waals surface area contributed by atoms with Gasteiger partial charge in [0.1, 0.15) is 5.69 Å². The average molecular weight is 365 g/mol. The summed E-state index contributed by atoms with van der Waals surface area (Å²) < 4.78 is 1.95. The van der Waals surface area contributed by atoms with Gasteiger partial charge in [0.25, 0.3) is 5.56 Å². The van der Waals surface area contributed by atoms with E-state index in [1.807, 2.05) is 12.1 Å². The molecule has 1 N–H and O–H groups in total. The molecule has 2 aromatic rings. The molecule has 0 aliphatic rings. The molecule has 0 fully saturated rings. The first-order valence-electron chi connectivity index (χ1n) is 3.93. The van der Waals surface area contributed by atoms with E-state index in [2.05, 4.69) is 48.5 Å². The van der Waals surface area contributed by atoms with Gasteiger partial charge in [-0.1, -0.05) is 0 Å². The van der Waals surface area contributed by atoms with Crippen LogP contribution >= 0.6 is 38.5 Å². The van der Waals surface area contributed by atoms with Crippen molar-refractivity contribution in [3.8, 4) is 0 Å². The summed E-state index contributed by atoms with van der Waals surface area (Å²) in [4.78, 5) is 18.3. The monoisotopic (exact) mass is 364 g/mol. The second-order valence-corrected chi connectivity index (χ2v) is 5.03. The molecule has 1 heterocycles.